The fraction of sp³-hybridized carbons (Fsp3) is 0.211. The predicted octanol–water partition coefficient (Wildman–Crippen LogP) is 4.76. The zero-order chi connectivity index (χ0) is 18.9. The van der Waals surface area contributed by atoms with Gasteiger partial charge in [-0.25, -0.2) is 9.37 Å². The summed E-state index contributed by atoms with van der Waals surface area (Å²) in [5, 5.41) is 0. The second-order valence-electron chi connectivity index (χ2n) is 6.20. The minimum Gasteiger partial charge on any atom is -0.468 e. The van der Waals surface area contributed by atoms with Crippen LogP contribution in [0, 0.1) is 5.82 Å². The van der Waals surface area contributed by atoms with E-state index < -0.39 is 5.41 Å². The molecule has 3 rings (SSSR count). The second-order valence-corrected chi connectivity index (χ2v) is 6.92. The molecule has 0 radical (unpaired) electrons. The Morgan fingerprint density at radius 1 is 1.15 bits per heavy atom. The number of hydrogen-bond donors (Lipinski definition) is 0. The van der Waals surface area contributed by atoms with Crippen molar-refractivity contribution in [1.82, 2.24) is 9.97 Å². The Balaban J connectivity index is 1.93. The summed E-state index contributed by atoms with van der Waals surface area (Å²) in [6, 6.07) is 9.45. The zero-order valence-corrected chi connectivity index (χ0v) is 16.0. The summed E-state index contributed by atoms with van der Waals surface area (Å²) in [6.45, 7) is 3.50. The Morgan fingerprint density at radius 3 is 2.38 bits per heavy atom. The molecule has 0 N–H and O–H groups in total. The molecule has 0 saturated heterocycles. The van der Waals surface area contributed by atoms with Gasteiger partial charge in [-0.05, 0) is 66.2 Å². The van der Waals surface area contributed by atoms with Gasteiger partial charge in [-0.1, -0.05) is 0 Å². The predicted molar refractivity (Wildman–Crippen MR) is 97.9 cm³/mol. The lowest BCUT2D eigenvalue weighted by atomic mass is 9.88. The van der Waals surface area contributed by atoms with Gasteiger partial charge in [0.2, 0.25) is 5.89 Å². The van der Waals surface area contributed by atoms with E-state index in [0.29, 0.717) is 27.5 Å². The van der Waals surface area contributed by atoms with E-state index in [4.69, 9.17) is 9.15 Å². The first-order valence-electron chi connectivity index (χ1n) is 7.80. The lowest BCUT2D eigenvalue weighted by molar-refractivity contribution is -0.146. The Labute approximate surface area is 158 Å². The number of carbonyl (C=O) groups is 1. The summed E-state index contributed by atoms with van der Waals surface area (Å²) in [4.78, 5) is 20.7. The second kappa shape index (κ2) is 6.99. The van der Waals surface area contributed by atoms with E-state index >= 15 is 0 Å². The molecule has 0 bridgehead atoms. The van der Waals surface area contributed by atoms with Gasteiger partial charge in [-0.2, -0.15) is 0 Å². The van der Waals surface area contributed by atoms with Gasteiger partial charge < -0.3 is 9.15 Å². The Hall–Kier alpha value is -2.54. The van der Waals surface area contributed by atoms with Gasteiger partial charge in [0.05, 0.1) is 12.8 Å². The van der Waals surface area contributed by atoms with Crippen LogP contribution in [0.15, 0.2) is 51.7 Å². The molecule has 0 amide bonds. The van der Waals surface area contributed by atoms with E-state index in [1.54, 1.807) is 38.2 Å². The van der Waals surface area contributed by atoms with E-state index in [0.717, 1.165) is 5.56 Å². The van der Waals surface area contributed by atoms with Crippen LogP contribution in [-0.4, -0.2) is 23.0 Å². The molecule has 0 aliphatic rings. The van der Waals surface area contributed by atoms with Gasteiger partial charge in [0, 0.05) is 17.3 Å². The van der Waals surface area contributed by atoms with Crippen molar-refractivity contribution in [2.45, 2.75) is 19.3 Å². The fourth-order valence-electron chi connectivity index (χ4n) is 2.46. The average Bonchev–Trinajstić information content (AvgIpc) is 3.03. The third kappa shape index (κ3) is 3.39. The number of hydrogen-bond acceptors (Lipinski definition) is 5. The summed E-state index contributed by atoms with van der Waals surface area (Å²) in [7, 11) is 1.35. The molecule has 26 heavy (non-hydrogen) atoms. The largest absolute Gasteiger partial charge is 0.468 e. The highest BCUT2D eigenvalue weighted by atomic mass is 79.9. The van der Waals surface area contributed by atoms with Crippen LogP contribution >= 0.6 is 15.9 Å². The standard InChI is InChI=1S/C19H16BrFN2O3/c1-19(2,18(24)25-3)14-9-6-12(10-22-14)15-16(20)26-17(23-15)11-4-7-13(21)8-5-11/h4-10H,1-3H3. The zero-order valence-electron chi connectivity index (χ0n) is 14.4. The van der Waals surface area contributed by atoms with Crippen LogP contribution in [0.4, 0.5) is 4.39 Å². The number of benzene rings is 1. The molecular weight excluding hydrogens is 403 g/mol. The van der Waals surface area contributed by atoms with Crippen LogP contribution in [0.3, 0.4) is 0 Å². The molecule has 7 heteroatoms. The molecular formula is C19H16BrFN2O3. The number of pyridine rings is 1. The minimum absolute atomic E-state index is 0.326. The molecule has 0 aliphatic carbocycles. The van der Waals surface area contributed by atoms with Crippen LogP contribution in [0.25, 0.3) is 22.7 Å². The number of esters is 1. The van der Waals surface area contributed by atoms with Crippen molar-refractivity contribution in [2.24, 2.45) is 0 Å². The molecule has 0 spiro atoms. The van der Waals surface area contributed by atoms with Crippen molar-refractivity contribution >= 4 is 21.9 Å². The third-order valence-corrected chi connectivity index (χ3v) is 4.59. The van der Waals surface area contributed by atoms with Crippen LogP contribution in [-0.2, 0) is 14.9 Å². The van der Waals surface area contributed by atoms with Gasteiger partial charge >= 0.3 is 5.97 Å². The van der Waals surface area contributed by atoms with E-state index in [1.807, 2.05) is 6.07 Å². The molecule has 0 atom stereocenters. The van der Waals surface area contributed by atoms with Gasteiger partial charge in [0.1, 0.15) is 16.9 Å². The minimum atomic E-state index is -0.854. The Bertz CT molecular complexity index is 934. The molecule has 2 heterocycles. The van der Waals surface area contributed by atoms with Gasteiger partial charge in [0.15, 0.2) is 4.67 Å². The normalized spacial score (nSPS) is 11.4. The highest BCUT2D eigenvalue weighted by Crippen LogP contribution is 2.33. The fourth-order valence-corrected chi connectivity index (χ4v) is 2.93. The van der Waals surface area contributed by atoms with Crippen LogP contribution in [0.2, 0.25) is 0 Å². The number of carbonyl (C=O) groups excluding carboxylic acids is 1. The summed E-state index contributed by atoms with van der Waals surface area (Å²) in [5.41, 5.74) is 1.69. The molecule has 134 valence electrons. The number of nitrogens with zero attached hydrogens (tertiary/aromatic N) is 2. The molecule has 0 aliphatic heterocycles. The summed E-state index contributed by atoms with van der Waals surface area (Å²) >= 11 is 3.35. The SMILES string of the molecule is COC(=O)C(C)(C)c1ccc(-c2nc(-c3ccc(F)cc3)oc2Br)cn1. The maximum atomic E-state index is 13.1. The van der Waals surface area contributed by atoms with Gasteiger partial charge in [-0.3, -0.25) is 9.78 Å². The quantitative estimate of drug-likeness (QED) is 0.571. The lowest BCUT2D eigenvalue weighted by Gasteiger charge is -2.20. The highest BCUT2D eigenvalue weighted by molar-refractivity contribution is 9.10. The smallest absolute Gasteiger partial charge is 0.317 e. The number of ether oxygens (including phenoxy) is 1. The van der Waals surface area contributed by atoms with Crippen molar-refractivity contribution in [2.75, 3.05) is 7.11 Å². The van der Waals surface area contributed by atoms with Crippen molar-refractivity contribution < 1.29 is 18.3 Å². The van der Waals surface area contributed by atoms with E-state index in [-0.39, 0.29) is 11.8 Å². The molecule has 5 nitrogen and oxygen atoms in total. The van der Waals surface area contributed by atoms with Crippen LogP contribution in [0.5, 0.6) is 0 Å². The number of aromatic nitrogens is 2. The topological polar surface area (TPSA) is 65.2 Å². The molecule has 0 unspecified atom stereocenters. The maximum absolute atomic E-state index is 13.1. The monoisotopic (exact) mass is 418 g/mol. The van der Waals surface area contributed by atoms with Gasteiger partial charge in [0.25, 0.3) is 0 Å². The van der Waals surface area contributed by atoms with Crippen molar-refractivity contribution in [1.29, 1.82) is 0 Å². The first-order valence-corrected chi connectivity index (χ1v) is 8.60. The number of oxazole rings is 1. The maximum Gasteiger partial charge on any atom is 0.317 e. The Morgan fingerprint density at radius 2 is 1.81 bits per heavy atom. The Kier molecular flexibility index (Phi) is 4.91. The van der Waals surface area contributed by atoms with Crippen LogP contribution < -0.4 is 0 Å². The summed E-state index contributed by atoms with van der Waals surface area (Å²) in [6.07, 6.45) is 1.62. The first-order chi connectivity index (χ1) is 12.3. The number of rotatable bonds is 4. The van der Waals surface area contributed by atoms with Crippen LogP contribution in [0.1, 0.15) is 19.5 Å². The number of methoxy groups -OCH3 is 1. The molecule has 2 aromatic heterocycles. The van der Waals surface area contributed by atoms with E-state index in [1.165, 1.54) is 19.2 Å². The molecule has 1 aromatic carbocycles. The van der Waals surface area contributed by atoms with Crippen molar-refractivity contribution in [3.63, 3.8) is 0 Å². The molecule has 0 fully saturated rings. The molecule has 3 aromatic rings. The number of halogens is 2. The first kappa shape index (κ1) is 18.3. The van der Waals surface area contributed by atoms with E-state index in [2.05, 4.69) is 25.9 Å². The van der Waals surface area contributed by atoms with Crippen molar-refractivity contribution in [3.05, 3.63) is 58.8 Å². The van der Waals surface area contributed by atoms with Gasteiger partial charge in [-0.15, -0.1) is 0 Å². The average molecular weight is 419 g/mol. The summed E-state index contributed by atoms with van der Waals surface area (Å²) < 4.78 is 24.0. The van der Waals surface area contributed by atoms with Crippen molar-refractivity contribution in [3.8, 4) is 22.7 Å². The lowest BCUT2D eigenvalue weighted by Crippen LogP contribution is -2.31. The van der Waals surface area contributed by atoms with E-state index in [9.17, 15) is 9.18 Å². The summed E-state index contributed by atoms with van der Waals surface area (Å²) in [5.74, 6) is -0.322. The third-order valence-electron chi connectivity index (χ3n) is 4.05. The molecule has 0 saturated carbocycles. The highest BCUT2D eigenvalue weighted by Gasteiger charge is 2.32.